The highest BCUT2D eigenvalue weighted by molar-refractivity contribution is 6.13. The van der Waals surface area contributed by atoms with Crippen molar-refractivity contribution in [1.29, 1.82) is 0 Å². The largest absolute Gasteiger partial charge is 0.291 e. The van der Waals surface area contributed by atoms with Gasteiger partial charge in [0, 0.05) is 16.8 Å². The Bertz CT molecular complexity index is 1140. The van der Waals surface area contributed by atoms with Gasteiger partial charge in [0.1, 0.15) is 5.65 Å². The molecule has 0 bridgehead atoms. The van der Waals surface area contributed by atoms with Gasteiger partial charge in [-0.25, -0.2) is 4.98 Å². The van der Waals surface area contributed by atoms with E-state index in [1.54, 1.807) is 0 Å². The topological polar surface area (TPSA) is 17.3 Å². The molecule has 0 aliphatic carbocycles. The van der Waals surface area contributed by atoms with Crippen molar-refractivity contribution in [2.45, 2.75) is 0 Å². The third-order valence-corrected chi connectivity index (χ3v) is 4.08. The SMILES string of the molecule is [c]1cccc2c3ccccc3c3nc4ccccc4n3c12. The van der Waals surface area contributed by atoms with E-state index in [1.165, 1.54) is 16.2 Å². The lowest BCUT2D eigenvalue weighted by Crippen LogP contribution is -1.91. The second kappa shape index (κ2) is 3.83. The van der Waals surface area contributed by atoms with Crippen LogP contribution in [0.25, 0.3) is 38.4 Å². The van der Waals surface area contributed by atoms with Crippen LogP contribution in [-0.4, -0.2) is 9.38 Å². The van der Waals surface area contributed by atoms with Crippen molar-refractivity contribution < 1.29 is 0 Å². The van der Waals surface area contributed by atoms with Crippen LogP contribution in [0, 0.1) is 6.07 Å². The molecule has 1 radical (unpaired) electrons. The summed E-state index contributed by atoms with van der Waals surface area (Å²) in [5.74, 6) is 0. The van der Waals surface area contributed by atoms with Gasteiger partial charge >= 0.3 is 0 Å². The van der Waals surface area contributed by atoms with Crippen LogP contribution >= 0.6 is 0 Å². The molecule has 3 aromatic carbocycles. The van der Waals surface area contributed by atoms with Crippen molar-refractivity contribution in [2.75, 3.05) is 0 Å². The predicted molar refractivity (Wildman–Crippen MR) is 86.5 cm³/mol. The first-order valence-electron chi connectivity index (χ1n) is 7.02. The lowest BCUT2D eigenvalue weighted by atomic mass is 10.1. The zero-order valence-electron chi connectivity index (χ0n) is 11.2. The number of imidazole rings is 1. The number of pyridine rings is 1. The Labute approximate surface area is 121 Å². The molecule has 5 aromatic rings. The highest BCUT2D eigenvalue weighted by atomic mass is 15.0. The molecule has 0 saturated heterocycles. The molecular formula is C19H11N2. The van der Waals surface area contributed by atoms with Gasteiger partial charge in [0.2, 0.25) is 0 Å². The second-order valence-electron chi connectivity index (χ2n) is 5.24. The molecular weight excluding hydrogens is 256 g/mol. The van der Waals surface area contributed by atoms with Gasteiger partial charge in [-0.3, -0.25) is 4.40 Å². The molecule has 0 aliphatic rings. The van der Waals surface area contributed by atoms with Crippen molar-refractivity contribution in [3.8, 4) is 0 Å². The first kappa shape index (κ1) is 10.9. The van der Waals surface area contributed by atoms with Crippen LogP contribution in [0.15, 0.2) is 66.7 Å². The Balaban J connectivity index is 2.25. The van der Waals surface area contributed by atoms with E-state index in [4.69, 9.17) is 4.98 Å². The van der Waals surface area contributed by atoms with E-state index in [-0.39, 0.29) is 0 Å². The van der Waals surface area contributed by atoms with Crippen molar-refractivity contribution in [1.82, 2.24) is 9.38 Å². The van der Waals surface area contributed by atoms with Crippen molar-refractivity contribution in [3.63, 3.8) is 0 Å². The first-order chi connectivity index (χ1) is 10.4. The van der Waals surface area contributed by atoms with Gasteiger partial charge in [-0.2, -0.15) is 0 Å². The average molecular weight is 267 g/mol. The van der Waals surface area contributed by atoms with Gasteiger partial charge < -0.3 is 0 Å². The molecule has 0 amide bonds. The molecule has 0 atom stereocenters. The van der Waals surface area contributed by atoms with Crippen LogP contribution in [0.3, 0.4) is 0 Å². The zero-order chi connectivity index (χ0) is 13.8. The van der Waals surface area contributed by atoms with Gasteiger partial charge in [-0.05, 0) is 17.5 Å². The summed E-state index contributed by atoms with van der Waals surface area (Å²) < 4.78 is 2.22. The molecule has 0 N–H and O–H groups in total. The van der Waals surface area contributed by atoms with Crippen LogP contribution in [0.5, 0.6) is 0 Å². The Kier molecular flexibility index (Phi) is 1.98. The molecule has 21 heavy (non-hydrogen) atoms. The third kappa shape index (κ3) is 1.34. The number of hydrogen-bond donors (Lipinski definition) is 0. The van der Waals surface area contributed by atoms with Gasteiger partial charge in [0.05, 0.1) is 16.6 Å². The summed E-state index contributed by atoms with van der Waals surface area (Å²) in [6.45, 7) is 0. The lowest BCUT2D eigenvalue weighted by molar-refractivity contribution is 1.31. The fourth-order valence-electron chi connectivity index (χ4n) is 3.18. The summed E-state index contributed by atoms with van der Waals surface area (Å²) in [5, 5.41) is 3.62. The maximum atomic E-state index is 4.84. The van der Waals surface area contributed by atoms with E-state index in [9.17, 15) is 0 Å². The normalized spacial score (nSPS) is 11.8. The zero-order valence-corrected chi connectivity index (χ0v) is 11.2. The smallest absolute Gasteiger partial charge is 0.146 e. The Morgan fingerprint density at radius 2 is 1.52 bits per heavy atom. The molecule has 2 aromatic heterocycles. The minimum Gasteiger partial charge on any atom is -0.291 e. The van der Waals surface area contributed by atoms with Crippen LogP contribution in [-0.2, 0) is 0 Å². The number of fused-ring (bicyclic) bond motifs is 8. The maximum Gasteiger partial charge on any atom is 0.146 e. The standard InChI is InChI=1S/C19H11N2/c1-2-9-15-13(7-1)14-8-3-5-11-17(14)21-18-12-6-4-10-16(18)20-19(15)21/h1-10,12H. The summed E-state index contributed by atoms with van der Waals surface area (Å²) in [4.78, 5) is 4.84. The van der Waals surface area contributed by atoms with Gasteiger partial charge in [0.15, 0.2) is 0 Å². The number of para-hydroxylation sites is 3. The Morgan fingerprint density at radius 1 is 0.762 bits per heavy atom. The fourth-order valence-corrected chi connectivity index (χ4v) is 3.18. The fraction of sp³-hybridized carbons (Fsp3) is 0. The van der Waals surface area contributed by atoms with Gasteiger partial charge in [-0.15, -0.1) is 0 Å². The number of benzene rings is 3. The molecule has 2 nitrogen and oxygen atoms in total. The molecule has 97 valence electrons. The maximum absolute atomic E-state index is 4.84. The minimum atomic E-state index is 1.00. The number of rotatable bonds is 0. The summed E-state index contributed by atoms with van der Waals surface area (Å²) >= 11 is 0. The highest BCUT2D eigenvalue weighted by Crippen LogP contribution is 2.31. The van der Waals surface area contributed by atoms with E-state index >= 15 is 0 Å². The number of aromatic nitrogens is 2. The summed E-state index contributed by atoms with van der Waals surface area (Å²) in [5.41, 5.74) is 4.24. The molecule has 0 spiro atoms. The van der Waals surface area contributed by atoms with E-state index in [1.807, 2.05) is 18.2 Å². The molecule has 0 aliphatic heterocycles. The van der Waals surface area contributed by atoms with Crippen molar-refractivity contribution in [2.24, 2.45) is 0 Å². The highest BCUT2D eigenvalue weighted by Gasteiger charge is 2.12. The van der Waals surface area contributed by atoms with Crippen LogP contribution < -0.4 is 0 Å². The van der Waals surface area contributed by atoms with Crippen molar-refractivity contribution >= 4 is 38.4 Å². The summed E-state index contributed by atoms with van der Waals surface area (Å²) in [7, 11) is 0. The quantitative estimate of drug-likeness (QED) is 0.375. The molecule has 0 saturated carbocycles. The molecule has 0 fully saturated rings. The predicted octanol–water partition coefficient (Wildman–Crippen LogP) is 4.59. The van der Waals surface area contributed by atoms with E-state index in [0.29, 0.717) is 0 Å². The second-order valence-corrected chi connectivity index (χ2v) is 5.24. The van der Waals surface area contributed by atoms with Crippen LogP contribution in [0.4, 0.5) is 0 Å². The lowest BCUT2D eigenvalue weighted by Gasteiger charge is -2.08. The molecule has 2 heterocycles. The Hall–Kier alpha value is -2.87. The van der Waals surface area contributed by atoms with Crippen LogP contribution in [0.1, 0.15) is 0 Å². The van der Waals surface area contributed by atoms with E-state index in [2.05, 4.69) is 59.0 Å². The third-order valence-electron chi connectivity index (χ3n) is 4.08. The number of nitrogens with zero attached hydrogens (tertiary/aromatic N) is 2. The number of hydrogen-bond acceptors (Lipinski definition) is 1. The molecule has 0 unspecified atom stereocenters. The monoisotopic (exact) mass is 267 g/mol. The van der Waals surface area contributed by atoms with Gasteiger partial charge in [0.25, 0.3) is 0 Å². The Morgan fingerprint density at radius 3 is 2.48 bits per heavy atom. The van der Waals surface area contributed by atoms with Crippen LogP contribution in [0.2, 0.25) is 0 Å². The van der Waals surface area contributed by atoms with Gasteiger partial charge in [-0.1, -0.05) is 54.6 Å². The summed E-state index contributed by atoms with van der Waals surface area (Å²) in [6.07, 6.45) is 0. The van der Waals surface area contributed by atoms with E-state index in [0.717, 1.165) is 22.2 Å². The summed E-state index contributed by atoms with van der Waals surface area (Å²) in [6, 6.07) is 26.3. The van der Waals surface area contributed by atoms with Crippen molar-refractivity contribution in [3.05, 3.63) is 72.8 Å². The molecule has 2 heteroatoms. The molecule has 5 rings (SSSR count). The average Bonchev–Trinajstić information content (AvgIpc) is 2.95. The first-order valence-corrected chi connectivity index (χ1v) is 7.02. The minimum absolute atomic E-state index is 1.00. The van der Waals surface area contributed by atoms with E-state index < -0.39 is 0 Å².